The molecule has 0 saturated carbocycles. The van der Waals surface area contributed by atoms with E-state index in [1.165, 1.54) is 10.9 Å². The predicted octanol–water partition coefficient (Wildman–Crippen LogP) is 0.0870. The number of aromatic nitrogens is 2. The van der Waals surface area contributed by atoms with Crippen molar-refractivity contribution in [2.24, 2.45) is 0 Å². The molecule has 9 nitrogen and oxygen atoms in total. The van der Waals surface area contributed by atoms with Crippen LogP contribution in [0.3, 0.4) is 0 Å². The van der Waals surface area contributed by atoms with Crippen LogP contribution in [0.5, 0.6) is 0 Å². The summed E-state index contributed by atoms with van der Waals surface area (Å²) in [7, 11) is 2.03. The van der Waals surface area contributed by atoms with Gasteiger partial charge in [-0.25, -0.2) is 4.98 Å². The third kappa shape index (κ3) is 5.48. The van der Waals surface area contributed by atoms with Gasteiger partial charge in [0.05, 0.1) is 29.4 Å². The van der Waals surface area contributed by atoms with Crippen LogP contribution >= 0.6 is 0 Å². The first-order valence-corrected chi connectivity index (χ1v) is 11.0. The Morgan fingerprint density at radius 3 is 2.71 bits per heavy atom. The van der Waals surface area contributed by atoms with Crippen molar-refractivity contribution in [1.82, 2.24) is 24.7 Å². The summed E-state index contributed by atoms with van der Waals surface area (Å²) in [5.74, 6) is -0.0456. The lowest BCUT2D eigenvalue weighted by Gasteiger charge is -2.36. The average Bonchev–Trinajstić information content (AvgIpc) is 2.77. The lowest BCUT2D eigenvalue weighted by Crippen LogP contribution is -2.46. The first-order valence-electron chi connectivity index (χ1n) is 11.0. The smallest absolute Gasteiger partial charge is 0.261 e. The zero-order chi connectivity index (χ0) is 21.8. The Labute approximate surface area is 182 Å². The molecule has 0 spiro atoms. The molecular formula is C22H32N6O3. The minimum atomic E-state index is -0.885. The Hall–Kier alpha value is -2.33. The van der Waals surface area contributed by atoms with Crippen LogP contribution in [0.4, 0.5) is 5.69 Å². The molecule has 1 aromatic carbocycles. The monoisotopic (exact) mass is 428 g/mol. The summed E-state index contributed by atoms with van der Waals surface area (Å²) in [5, 5.41) is 17.6. The molecule has 2 aliphatic rings. The van der Waals surface area contributed by atoms with Crippen molar-refractivity contribution < 1.29 is 9.90 Å². The van der Waals surface area contributed by atoms with E-state index in [9.17, 15) is 14.7 Å². The van der Waals surface area contributed by atoms with Crippen molar-refractivity contribution >= 4 is 22.5 Å². The van der Waals surface area contributed by atoms with E-state index in [1.807, 2.05) is 7.05 Å². The molecule has 31 heavy (non-hydrogen) atoms. The maximum Gasteiger partial charge on any atom is 0.261 e. The van der Waals surface area contributed by atoms with Crippen molar-refractivity contribution in [2.45, 2.75) is 31.4 Å². The van der Waals surface area contributed by atoms with Gasteiger partial charge >= 0.3 is 0 Å². The maximum atomic E-state index is 12.9. The number of hydrogen-bond acceptors (Lipinski definition) is 7. The van der Waals surface area contributed by atoms with Crippen molar-refractivity contribution in [2.75, 3.05) is 58.2 Å². The predicted molar refractivity (Wildman–Crippen MR) is 120 cm³/mol. The number of carbonyl (C=O) groups excluding carboxylic acids is 1. The number of carbonyl (C=O) groups is 1. The SMILES string of the molecule is CN1CCC(O)(Cn2cnc3cc(NC(=O)CCN4CCNCC4)ccc3c2=O)CC1. The standard InChI is InChI=1S/C22H32N6O3/c1-26-10-5-22(31,6-11-26)15-28-16-24-19-14-17(2-3-18(19)21(28)30)25-20(29)4-9-27-12-7-23-8-13-27/h2-3,14,16,23,31H,4-13,15H2,1H3,(H,25,29). The minimum absolute atomic E-state index is 0.0456. The van der Waals surface area contributed by atoms with Gasteiger partial charge in [0.2, 0.25) is 5.91 Å². The Balaban J connectivity index is 1.40. The zero-order valence-corrected chi connectivity index (χ0v) is 18.1. The summed E-state index contributed by atoms with van der Waals surface area (Å²) in [4.78, 5) is 34.1. The van der Waals surface area contributed by atoms with Gasteiger partial charge in [0.25, 0.3) is 5.56 Å². The number of benzene rings is 1. The molecule has 0 atom stereocenters. The number of anilines is 1. The van der Waals surface area contributed by atoms with Crippen molar-refractivity contribution in [3.63, 3.8) is 0 Å². The minimum Gasteiger partial charge on any atom is -0.388 e. The molecular weight excluding hydrogens is 396 g/mol. The van der Waals surface area contributed by atoms with E-state index in [0.717, 1.165) is 45.8 Å². The van der Waals surface area contributed by atoms with Gasteiger partial charge < -0.3 is 25.5 Å². The molecule has 1 aromatic heterocycles. The molecule has 0 aliphatic carbocycles. The largest absolute Gasteiger partial charge is 0.388 e. The van der Waals surface area contributed by atoms with E-state index >= 15 is 0 Å². The van der Waals surface area contributed by atoms with Gasteiger partial charge in [-0.05, 0) is 38.1 Å². The number of aliphatic hydroxyl groups is 1. The number of nitrogens with one attached hydrogen (secondary N) is 2. The fourth-order valence-corrected chi connectivity index (χ4v) is 4.28. The van der Waals surface area contributed by atoms with Crippen LogP contribution in [-0.2, 0) is 11.3 Å². The second-order valence-corrected chi connectivity index (χ2v) is 8.83. The fourth-order valence-electron chi connectivity index (χ4n) is 4.28. The van der Waals surface area contributed by atoms with Crippen LogP contribution < -0.4 is 16.2 Å². The number of amides is 1. The van der Waals surface area contributed by atoms with Crippen LogP contribution in [-0.4, -0.2) is 88.8 Å². The second-order valence-electron chi connectivity index (χ2n) is 8.83. The van der Waals surface area contributed by atoms with Gasteiger partial charge in [0.15, 0.2) is 0 Å². The Bertz CT molecular complexity index is 977. The maximum absolute atomic E-state index is 12.9. The number of piperazine rings is 1. The number of hydrogen-bond donors (Lipinski definition) is 3. The number of likely N-dealkylation sites (tertiary alicyclic amines) is 1. The Kier molecular flexibility index (Phi) is 6.66. The number of rotatable bonds is 6. The van der Waals surface area contributed by atoms with Crippen LogP contribution in [0.2, 0.25) is 0 Å². The normalized spacial score (nSPS) is 20.1. The highest BCUT2D eigenvalue weighted by molar-refractivity contribution is 5.93. The number of fused-ring (bicyclic) bond motifs is 1. The van der Waals surface area contributed by atoms with Crippen LogP contribution in [0, 0.1) is 0 Å². The van der Waals surface area contributed by atoms with Crippen molar-refractivity contribution in [3.8, 4) is 0 Å². The lowest BCUT2D eigenvalue weighted by molar-refractivity contribution is -0.116. The Morgan fingerprint density at radius 2 is 1.97 bits per heavy atom. The highest BCUT2D eigenvalue weighted by Crippen LogP contribution is 2.23. The molecule has 2 aliphatic heterocycles. The van der Waals surface area contributed by atoms with E-state index in [-0.39, 0.29) is 18.0 Å². The molecule has 168 valence electrons. The van der Waals surface area contributed by atoms with Gasteiger partial charge in [-0.15, -0.1) is 0 Å². The van der Waals surface area contributed by atoms with Crippen LogP contribution in [0.15, 0.2) is 29.3 Å². The molecule has 4 rings (SSSR count). The zero-order valence-electron chi connectivity index (χ0n) is 18.1. The fraction of sp³-hybridized carbons (Fsp3) is 0.591. The number of piperidine rings is 1. The van der Waals surface area contributed by atoms with Crippen molar-refractivity contribution in [1.29, 1.82) is 0 Å². The van der Waals surface area contributed by atoms with Gasteiger partial charge in [0, 0.05) is 57.9 Å². The van der Waals surface area contributed by atoms with E-state index in [0.29, 0.717) is 35.9 Å². The summed E-state index contributed by atoms with van der Waals surface area (Å²) in [6.45, 7) is 6.45. The van der Waals surface area contributed by atoms with E-state index in [2.05, 4.69) is 25.4 Å². The van der Waals surface area contributed by atoms with Gasteiger partial charge in [-0.3, -0.25) is 14.2 Å². The molecule has 3 heterocycles. The molecule has 0 radical (unpaired) electrons. The van der Waals surface area contributed by atoms with Crippen LogP contribution in [0.1, 0.15) is 19.3 Å². The third-order valence-electron chi connectivity index (χ3n) is 6.36. The van der Waals surface area contributed by atoms with Gasteiger partial charge in [-0.2, -0.15) is 0 Å². The van der Waals surface area contributed by atoms with E-state index in [1.54, 1.807) is 18.2 Å². The molecule has 3 N–H and O–H groups in total. The quantitative estimate of drug-likeness (QED) is 0.599. The van der Waals surface area contributed by atoms with Gasteiger partial charge in [0.1, 0.15) is 0 Å². The lowest BCUT2D eigenvalue weighted by atomic mass is 9.91. The van der Waals surface area contributed by atoms with Crippen LogP contribution in [0.25, 0.3) is 10.9 Å². The average molecular weight is 429 g/mol. The van der Waals surface area contributed by atoms with Crippen molar-refractivity contribution in [3.05, 3.63) is 34.9 Å². The topological polar surface area (TPSA) is 103 Å². The highest BCUT2D eigenvalue weighted by Gasteiger charge is 2.32. The van der Waals surface area contributed by atoms with E-state index < -0.39 is 5.60 Å². The first kappa shape index (κ1) is 21.9. The molecule has 2 aromatic rings. The summed E-state index contributed by atoms with van der Waals surface area (Å²) >= 11 is 0. The van der Waals surface area contributed by atoms with Gasteiger partial charge in [-0.1, -0.05) is 0 Å². The first-order chi connectivity index (χ1) is 14.9. The summed E-state index contributed by atoms with van der Waals surface area (Å²) in [5.41, 5.74) is 0.117. The summed E-state index contributed by atoms with van der Waals surface area (Å²) in [6.07, 6.45) is 3.19. The summed E-state index contributed by atoms with van der Waals surface area (Å²) < 4.78 is 1.50. The second kappa shape index (κ2) is 9.44. The Morgan fingerprint density at radius 1 is 1.23 bits per heavy atom. The molecule has 0 unspecified atom stereocenters. The molecule has 1 amide bonds. The number of nitrogens with zero attached hydrogens (tertiary/aromatic N) is 4. The molecule has 0 bridgehead atoms. The van der Waals surface area contributed by atoms with E-state index in [4.69, 9.17) is 0 Å². The molecule has 2 saturated heterocycles. The molecule has 2 fully saturated rings. The summed E-state index contributed by atoms with van der Waals surface area (Å²) in [6, 6.07) is 5.17. The third-order valence-corrected chi connectivity index (χ3v) is 6.36. The molecule has 9 heteroatoms. The highest BCUT2D eigenvalue weighted by atomic mass is 16.3.